The number of fused-ring (bicyclic) bond motifs is 1. The largest absolute Gasteiger partial charge is 0.468 e. The van der Waals surface area contributed by atoms with Crippen molar-refractivity contribution in [3.05, 3.63) is 39.8 Å². The summed E-state index contributed by atoms with van der Waals surface area (Å²) in [5.74, 6) is -0.329. The Kier molecular flexibility index (Phi) is 3.88. The highest BCUT2D eigenvalue weighted by molar-refractivity contribution is 5.85. The molecule has 0 spiro atoms. The van der Waals surface area contributed by atoms with Crippen molar-refractivity contribution in [3.8, 4) is 0 Å². The van der Waals surface area contributed by atoms with E-state index in [0.29, 0.717) is 5.39 Å². The molecule has 0 fully saturated rings. The first-order chi connectivity index (χ1) is 9.43. The Balaban J connectivity index is 2.73. The molecule has 0 saturated carbocycles. The summed E-state index contributed by atoms with van der Waals surface area (Å²) >= 11 is 0. The van der Waals surface area contributed by atoms with E-state index in [2.05, 4.69) is 9.84 Å². The number of aromatic nitrogens is 2. The minimum Gasteiger partial charge on any atom is -0.468 e. The van der Waals surface area contributed by atoms with Gasteiger partial charge in [-0.15, -0.1) is 0 Å². The SMILES string of the molecule is COC(=O)Cn1nc(C(C)C)c2cc(C)ccc2c1=O. The summed E-state index contributed by atoms with van der Waals surface area (Å²) in [6, 6.07) is 5.63. The first-order valence-electron chi connectivity index (χ1n) is 6.52. The van der Waals surface area contributed by atoms with E-state index < -0.39 is 5.97 Å². The second kappa shape index (κ2) is 5.45. The molecule has 0 amide bonds. The lowest BCUT2D eigenvalue weighted by Gasteiger charge is -2.13. The molecular formula is C15H18N2O3. The van der Waals surface area contributed by atoms with Crippen molar-refractivity contribution in [2.45, 2.75) is 33.2 Å². The van der Waals surface area contributed by atoms with Gasteiger partial charge in [0, 0.05) is 5.39 Å². The Morgan fingerprint density at radius 1 is 1.35 bits per heavy atom. The molecule has 106 valence electrons. The number of nitrogens with zero attached hydrogens (tertiary/aromatic N) is 2. The first-order valence-corrected chi connectivity index (χ1v) is 6.52. The average molecular weight is 274 g/mol. The molecule has 0 N–H and O–H groups in total. The fourth-order valence-electron chi connectivity index (χ4n) is 2.15. The Labute approximate surface area is 117 Å². The van der Waals surface area contributed by atoms with E-state index in [1.165, 1.54) is 11.8 Å². The third-order valence-corrected chi connectivity index (χ3v) is 3.20. The standard InChI is InChI=1S/C15H18N2O3/c1-9(2)14-12-7-10(3)5-6-11(12)15(19)17(16-14)8-13(18)20-4/h5-7,9H,8H2,1-4H3. The molecule has 0 bridgehead atoms. The summed E-state index contributed by atoms with van der Waals surface area (Å²) in [6.07, 6.45) is 0. The van der Waals surface area contributed by atoms with E-state index in [4.69, 9.17) is 0 Å². The van der Waals surface area contributed by atoms with Crippen LogP contribution in [0.15, 0.2) is 23.0 Å². The Morgan fingerprint density at radius 2 is 2.05 bits per heavy atom. The second-order valence-corrected chi connectivity index (χ2v) is 5.13. The maximum absolute atomic E-state index is 12.4. The van der Waals surface area contributed by atoms with Crippen molar-refractivity contribution in [1.82, 2.24) is 9.78 Å². The topological polar surface area (TPSA) is 61.2 Å². The minimum atomic E-state index is -0.485. The van der Waals surface area contributed by atoms with Crippen LogP contribution in [0.3, 0.4) is 0 Å². The lowest BCUT2D eigenvalue weighted by Crippen LogP contribution is -2.28. The van der Waals surface area contributed by atoms with Gasteiger partial charge in [0.2, 0.25) is 0 Å². The first kappa shape index (κ1) is 14.2. The van der Waals surface area contributed by atoms with E-state index in [1.807, 2.05) is 32.9 Å². The Hall–Kier alpha value is -2.17. The zero-order chi connectivity index (χ0) is 14.9. The summed E-state index contributed by atoms with van der Waals surface area (Å²) < 4.78 is 5.78. The van der Waals surface area contributed by atoms with Crippen LogP contribution in [0.25, 0.3) is 10.8 Å². The van der Waals surface area contributed by atoms with E-state index in [0.717, 1.165) is 16.6 Å². The van der Waals surface area contributed by atoms with Gasteiger partial charge in [-0.2, -0.15) is 5.10 Å². The second-order valence-electron chi connectivity index (χ2n) is 5.13. The molecule has 2 aromatic rings. The molecule has 2 rings (SSSR count). The van der Waals surface area contributed by atoms with Gasteiger partial charge < -0.3 is 4.74 Å². The van der Waals surface area contributed by atoms with Gasteiger partial charge in [-0.3, -0.25) is 9.59 Å². The molecule has 5 nitrogen and oxygen atoms in total. The molecule has 0 radical (unpaired) electrons. The molecule has 1 aromatic heterocycles. The van der Waals surface area contributed by atoms with Crippen LogP contribution < -0.4 is 5.56 Å². The van der Waals surface area contributed by atoms with Crippen LogP contribution in [0.4, 0.5) is 0 Å². The van der Waals surface area contributed by atoms with E-state index >= 15 is 0 Å². The fourth-order valence-corrected chi connectivity index (χ4v) is 2.15. The molecule has 1 heterocycles. The van der Waals surface area contributed by atoms with Gasteiger partial charge in [0.05, 0.1) is 18.2 Å². The highest BCUT2D eigenvalue weighted by Crippen LogP contribution is 2.22. The number of benzene rings is 1. The maximum Gasteiger partial charge on any atom is 0.327 e. The van der Waals surface area contributed by atoms with Crippen molar-refractivity contribution >= 4 is 16.7 Å². The van der Waals surface area contributed by atoms with Gasteiger partial charge in [-0.1, -0.05) is 25.5 Å². The zero-order valence-electron chi connectivity index (χ0n) is 12.1. The predicted octanol–water partition coefficient (Wildman–Crippen LogP) is 2.00. The van der Waals surface area contributed by atoms with E-state index in [-0.39, 0.29) is 18.0 Å². The van der Waals surface area contributed by atoms with Crippen LogP contribution in [-0.2, 0) is 16.1 Å². The number of hydrogen-bond acceptors (Lipinski definition) is 4. The minimum absolute atomic E-state index is 0.156. The summed E-state index contributed by atoms with van der Waals surface area (Å²) in [5, 5.41) is 5.77. The van der Waals surface area contributed by atoms with Crippen molar-refractivity contribution in [3.63, 3.8) is 0 Å². The van der Waals surface area contributed by atoms with Crippen molar-refractivity contribution in [2.24, 2.45) is 0 Å². The lowest BCUT2D eigenvalue weighted by molar-refractivity contribution is -0.141. The highest BCUT2D eigenvalue weighted by atomic mass is 16.5. The summed E-state index contributed by atoms with van der Waals surface area (Å²) in [5.41, 5.74) is 1.62. The van der Waals surface area contributed by atoms with Crippen LogP contribution >= 0.6 is 0 Å². The van der Waals surface area contributed by atoms with Crippen LogP contribution in [0, 0.1) is 6.92 Å². The molecule has 0 unspecified atom stereocenters. The van der Waals surface area contributed by atoms with E-state index in [9.17, 15) is 9.59 Å². The van der Waals surface area contributed by atoms with Crippen molar-refractivity contribution in [1.29, 1.82) is 0 Å². The zero-order valence-corrected chi connectivity index (χ0v) is 12.1. The fraction of sp³-hybridized carbons (Fsp3) is 0.400. The molecule has 0 atom stereocenters. The Morgan fingerprint density at radius 3 is 2.65 bits per heavy atom. The molecule has 20 heavy (non-hydrogen) atoms. The molecule has 1 aromatic carbocycles. The molecule has 0 aliphatic rings. The van der Waals surface area contributed by atoms with Gasteiger partial charge in [-0.25, -0.2) is 4.68 Å². The average Bonchev–Trinajstić information content (AvgIpc) is 2.41. The normalized spacial score (nSPS) is 11.1. The molecular weight excluding hydrogens is 256 g/mol. The number of esters is 1. The third-order valence-electron chi connectivity index (χ3n) is 3.20. The molecule has 0 aliphatic carbocycles. The highest BCUT2D eigenvalue weighted by Gasteiger charge is 2.15. The van der Waals surface area contributed by atoms with Crippen molar-refractivity contribution < 1.29 is 9.53 Å². The molecule has 0 saturated heterocycles. The van der Waals surface area contributed by atoms with Gasteiger partial charge >= 0.3 is 5.97 Å². The number of carbonyl (C=O) groups is 1. The number of rotatable bonds is 3. The van der Waals surface area contributed by atoms with Crippen LogP contribution in [0.2, 0.25) is 0 Å². The Bertz CT molecular complexity index is 717. The monoisotopic (exact) mass is 274 g/mol. The van der Waals surface area contributed by atoms with Gasteiger partial charge in [0.1, 0.15) is 6.54 Å². The van der Waals surface area contributed by atoms with Crippen LogP contribution in [-0.4, -0.2) is 22.9 Å². The quantitative estimate of drug-likeness (QED) is 0.803. The summed E-state index contributed by atoms with van der Waals surface area (Å²) in [7, 11) is 1.29. The van der Waals surface area contributed by atoms with E-state index in [1.54, 1.807) is 6.07 Å². The number of carbonyl (C=O) groups excluding carboxylic acids is 1. The molecule has 5 heteroatoms. The van der Waals surface area contributed by atoms with Crippen molar-refractivity contribution in [2.75, 3.05) is 7.11 Å². The van der Waals surface area contributed by atoms with Gasteiger partial charge in [0.15, 0.2) is 0 Å². The number of aryl methyl sites for hydroxylation is 1. The molecule has 0 aliphatic heterocycles. The number of ether oxygens (including phenoxy) is 1. The maximum atomic E-state index is 12.4. The number of methoxy groups -OCH3 is 1. The predicted molar refractivity (Wildman–Crippen MR) is 76.8 cm³/mol. The van der Waals surface area contributed by atoms with Gasteiger partial charge in [-0.05, 0) is 25.0 Å². The third kappa shape index (κ3) is 2.57. The lowest BCUT2D eigenvalue weighted by atomic mass is 10.0. The van der Waals surface area contributed by atoms with Crippen LogP contribution in [0.1, 0.15) is 31.0 Å². The number of hydrogen-bond donors (Lipinski definition) is 0. The summed E-state index contributed by atoms with van der Waals surface area (Å²) in [6.45, 7) is 5.83. The smallest absolute Gasteiger partial charge is 0.327 e. The van der Waals surface area contributed by atoms with Crippen LogP contribution in [0.5, 0.6) is 0 Å². The van der Waals surface area contributed by atoms with Gasteiger partial charge in [0.25, 0.3) is 5.56 Å². The summed E-state index contributed by atoms with van der Waals surface area (Å²) in [4.78, 5) is 23.7.